The van der Waals surface area contributed by atoms with E-state index in [2.05, 4.69) is 53.8 Å². The van der Waals surface area contributed by atoms with Crippen LogP contribution in [0.3, 0.4) is 0 Å². The third-order valence-corrected chi connectivity index (χ3v) is 6.03. The lowest BCUT2D eigenvalue weighted by Gasteiger charge is -2.18. The highest BCUT2D eigenvalue weighted by Crippen LogP contribution is 2.58. The molecule has 4 rings (SSSR count). The molecular weight excluding hydrogens is 368 g/mol. The van der Waals surface area contributed by atoms with Crippen LogP contribution in [0.4, 0.5) is 0 Å². The largest absolute Gasteiger partial charge is 0.273 e. The van der Waals surface area contributed by atoms with E-state index in [1.165, 1.54) is 11.1 Å². The van der Waals surface area contributed by atoms with Crippen LogP contribution in [0, 0.1) is 5.92 Å². The van der Waals surface area contributed by atoms with Gasteiger partial charge in [-0.3, -0.25) is 4.79 Å². The molecule has 1 fully saturated rings. The summed E-state index contributed by atoms with van der Waals surface area (Å²) in [5.41, 5.74) is 7.02. The Bertz CT molecular complexity index is 957. The van der Waals surface area contributed by atoms with Crippen LogP contribution in [0.5, 0.6) is 0 Å². The van der Waals surface area contributed by atoms with Gasteiger partial charge in [0, 0.05) is 5.41 Å². The third kappa shape index (κ3) is 4.06. The van der Waals surface area contributed by atoms with E-state index in [0.717, 1.165) is 37.0 Å². The van der Waals surface area contributed by atoms with E-state index in [1.807, 2.05) is 54.6 Å². The first-order chi connectivity index (χ1) is 14.8. The van der Waals surface area contributed by atoms with E-state index < -0.39 is 0 Å². The summed E-state index contributed by atoms with van der Waals surface area (Å²) in [5, 5.41) is 4.56. The van der Waals surface area contributed by atoms with Gasteiger partial charge in [-0.2, -0.15) is 5.10 Å². The Morgan fingerprint density at radius 2 is 1.43 bits per heavy atom. The van der Waals surface area contributed by atoms with E-state index >= 15 is 0 Å². The van der Waals surface area contributed by atoms with Gasteiger partial charge in [-0.05, 0) is 36.0 Å². The summed E-state index contributed by atoms with van der Waals surface area (Å²) in [4.78, 5) is 13.2. The summed E-state index contributed by atoms with van der Waals surface area (Å²) in [7, 11) is 0. The third-order valence-electron chi connectivity index (χ3n) is 6.03. The van der Waals surface area contributed by atoms with Gasteiger partial charge in [0.15, 0.2) is 0 Å². The van der Waals surface area contributed by atoms with Crippen LogP contribution in [-0.4, -0.2) is 11.6 Å². The second-order valence-electron chi connectivity index (χ2n) is 7.96. The molecule has 3 aromatic rings. The maximum Gasteiger partial charge on any atom is 0.244 e. The predicted octanol–water partition coefficient (Wildman–Crippen LogP) is 5.70. The first-order valence-electron chi connectivity index (χ1n) is 10.8. The molecule has 3 heteroatoms. The molecule has 0 heterocycles. The van der Waals surface area contributed by atoms with E-state index in [0.29, 0.717) is 0 Å². The highest BCUT2D eigenvalue weighted by Gasteiger charge is 2.60. The predicted molar refractivity (Wildman–Crippen MR) is 122 cm³/mol. The fraction of sp³-hybridized carbons (Fsp3) is 0.259. The molecule has 0 spiro atoms. The molecule has 0 bridgehead atoms. The Hall–Kier alpha value is -3.20. The second kappa shape index (κ2) is 9.08. The summed E-state index contributed by atoms with van der Waals surface area (Å²) < 4.78 is 0. The number of rotatable bonds is 8. The van der Waals surface area contributed by atoms with Gasteiger partial charge >= 0.3 is 0 Å². The van der Waals surface area contributed by atoms with Gasteiger partial charge in [0.25, 0.3) is 0 Å². The Labute approximate surface area is 178 Å². The van der Waals surface area contributed by atoms with E-state index in [4.69, 9.17) is 0 Å². The van der Waals surface area contributed by atoms with Gasteiger partial charge in [-0.1, -0.05) is 104 Å². The Morgan fingerprint density at radius 3 is 1.97 bits per heavy atom. The van der Waals surface area contributed by atoms with E-state index in [1.54, 1.807) is 0 Å². The molecule has 3 nitrogen and oxygen atoms in total. The minimum atomic E-state index is -0.265. The van der Waals surface area contributed by atoms with Crippen molar-refractivity contribution in [2.75, 3.05) is 0 Å². The molecule has 1 saturated carbocycles. The first kappa shape index (κ1) is 20.1. The molecule has 0 saturated heterocycles. The van der Waals surface area contributed by atoms with Crippen molar-refractivity contribution >= 4 is 11.6 Å². The number of nitrogens with one attached hydrogen (secondary N) is 1. The van der Waals surface area contributed by atoms with Crippen molar-refractivity contribution in [3.05, 3.63) is 108 Å². The summed E-state index contributed by atoms with van der Waals surface area (Å²) in [6.45, 7) is 2.17. The van der Waals surface area contributed by atoms with Crippen LogP contribution >= 0.6 is 0 Å². The van der Waals surface area contributed by atoms with Crippen LogP contribution in [0.25, 0.3) is 0 Å². The topological polar surface area (TPSA) is 41.5 Å². The van der Waals surface area contributed by atoms with Gasteiger partial charge in [-0.15, -0.1) is 0 Å². The van der Waals surface area contributed by atoms with Gasteiger partial charge in [0.1, 0.15) is 0 Å². The molecule has 1 unspecified atom stereocenters. The number of nitrogens with zero attached hydrogens (tertiary/aromatic N) is 1. The van der Waals surface area contributed by atoms with Crippen molar-refractivity contribution < 1.29 is 4.79 Å². The number of carbonyl (C=O) groups excluding carboxylic acids is 1. The number of benzene rings is 3. The lowest BCUT2D eigenvalue weighted by Crippen LogP contribution is -2.26. The van der Waals surface area contributed by atoms with Crippen molar-refractivity contribution in [1.29, 1.82) is 0 Å². The van der Waals surface area contributed by atoms with Crippen molar-refractivity contribution in [3.8, 4) is 0 Å². The summed E-state index contributed by atoms with van der Waals surface area (Å²) in [6.07, 6.45) is 3.80. The van der Waals surface area contributed by atoms with Gasteiger partial charge in [0.2, 0.25) is 5.91 Å². The maximum absolute atomic E-state index is 13.2. The van der Waals surface area contributed by atoms with E-state index in [-0.39, 0.29) is 17.2 Å². The smallest absolute Gasteiger partial charge is 0.244 e. The Morgan fingerprint density at radius 1 is 0.900 bits per heavy atom. The maximum atomic E-state index is 13.2. The molecule has 1 amide bonds. The molecule has 1 atom stereocenters. The molecule has 1 aliphatic carbocycles. The SMILES string of the molecule is CCCCC(=NNC(=O)C1CC1(c1ccccc1)c1ccccc1)c1ccccc1. The Balaban J connectivity index is 1.58. The molecule has 152 valence electrons. The number of hydrazone groups is 1. The molecule has 0 aliphatic heterocycles. The summed E-state index contributed by atoms with van der Waals surface area (Å²) in [6, 6.07) is 30.8. The lowest BCUT2D eigenvalue weighted by atomic mass is 9.85. The number of carbonyl (C=O) groups is 1. The zero-order valence-corrected chi connectivity index (χ0v) is 17.4. The van der Waals surface area contributed by atoms with Crippen molar-refractivity contribution in [1.82, 2.24) is 5.43 Å². The van der Waals surface area contributed by atoms with Crippen LogP contribution in [-0.2, 0) is 10.2 Å². The highest BCUT2D eigenvalue weighted by molar-refractivity contribution is 6.01. The van der Waals surface area contributed by atoms with Gasteiger partial charge in [-0.25, -0.2) is 5.43 Å². The molecular formula is C27H28N2O. The van der Waals surface area contributed by atoms with Gasteiger partial charge < -0.3 is 0 Å². The van der Waals surface area contributed by atoms with Crippen LogP contribution in [0.15, 0.2) is 96.1 Å². The summed E-state index contributed by atoms with van der Waals surface area (Å²) in [5.74, 6) is -0.123. The zero-order valence-electron chi connectivity index (χ0n) is 17.4. The van der Waals surface area contributed by atoms with Crippen molar-refractivity contribution in [2.24, 2.45) is 11.0 Å². The van der Waals surface area contributed by atoms with Crippen molar-refractivity contribution in [2.45, 2.75) is 38.0 Å². The molecule has 0 aromatic heterocycles. The minimum Gasteiger partial charge on any atom is -0.273 e. The average molecular weight is 397 g/mol. The molecule has 0 radical (unpaired) electrons. The van der Waals surface area contributed by atoms with Crippen LogP contribution < -0.4 is 5.43 Å². The van der Waals surface area contributed by atoms with Crippen LogP contribution in [0.2, 0.25) is 0 Å². The molecule has 3 aromatic carbocycles. The monoisotopic (exact) mass is 396 g/mol. The quantitative estimate of drug-likeness (QED) is 0.385. The molecule has 1 aliphatic rings. The van der Waals surface area contributed by atoms with E-state index in [9.17, 15) is 4.79 Å². The standard InChI is InChI=1S/C27H28N2O/c1-2-3-19-25(21-13-7-4-8-14-21)28-29-26(30)24-20-27(24,22-15-9-5-10-16-22)23-17-11-6-12-18-23/h4-18,24H,2-3,19-20H2,1H3,(H,29,30). The average Bonchev–Trinajstić information content (AvgIpc) is 3.58. The minimum absolute atomic E-state index is 0.00682. The summed E-state index contributed by atoms with van der Waals surface area (Å²) >= 11 is 0. The fourth-order valence-electron chi connectivity index (χ4n) is 4.30. The number of amides is 1. The lowest BCUT2D eigenvalue weighted by molar-refractivity contribution is -0.122. The fourth-order valence-corrected chi connectivity index (χ4v) is 4.30. The first-order valence-corrected chi connectivity index (χ1v) is 10.8. The molecule has 30 heavy (non-hydrogen) atoms. The number of unbranched alkanes of at least 4 members (excludes halogenated alkanes) is 1. The van der Waals surface area contributed by atoms with Crippen LogP contribution in [0.1, 0.15) is 49.3 Å². The number of hydrogen-bond donors (Lipinski definition) is 1. The zero-order chi connectivity index (χ0) is 20.8. The van der Waals surface area contributed by atoms with Crippen molar-refractivity contribution in [3.63, 3.8) is 0 Å². The Kier molecular flexibility index (Phi) is 6.08. The highest BCUT2D eigenvalue weighted by atomic mass is 16.2. The molecule has 1 N–H and O–H groups in total. The second-order valence-corrected chi connectivity index (χ2v) is 7.96. The van der Waals surface area contributed by atoms with Gasteiger partial charge in [0.05, 0.1) is 11.6 Å². The number of hydrogen-bond acceptors (Lipinski definition) is 2. The normalized spacial score (nSPS) is 17.4.